The molecule has 0 saturated carbocycles. The van der Waals surface area contributed by atoms with E-state index in [4.69, 9.17) is 21.1 Å². The summed E-state index contributed by atoms with van der Waals surface area (Å²) in [6.45, 7) is 2.09. The van der Waals surface area contributed by atoms with Gasteiger partial charge in [0.2, 0.25) is 5.91 Å². The highest BCUT2D eigenvalue weighted by molar-refractivity contribution is 6.31. The molecule has 8 heteroatoms. The van der Waals surface area contributed by atoms with Gasteiger partial charge in [0, 0.05) is 32.0 Å². The van der Waals surface area contributed by atoms with Crippen LogP contribution in [0.4, 0.5) is 13.2 Å². The van der Waals surface area contributed by atoms with E-state index < -0.39 is 17.5 Å². The van der Waals surface area contributed by atoms with Crippen molar-refractivity contribution in [2.75, 3.05) is 26.3 Å². The van der Waals surface area contributed by atoms with Crippen LogP contribution in [-0.4, -0.2) is 42.9 Å². The molecule has 0 aromatic heterocycles. The largest absolute Gasteiger partial charge is 0.417 e. The zero-order valence-corrected chi connectivity index (χ0v) is 14.1. The lowest BCUT2D eigenvalue weighted by Gasteiger charge is -2.37. The van der Waals surface area contributed by atoms with E-state index in [1.807, 2.05) is 0 Å². The second-order valence-electron chi connectivity index (χ2n) is 6.00. The lowest BCUT2D eigenvalue weighted by atomic mass is 10.0. The molecule has 0 radical (unpaired) electrons. The van der Waals surface area contributed by atoms with E-state index in [2.05, 4.69) is 0 Å². The standard InChI is InChI=1S/C17H17ClF3NO3/c18-14-3-1-12(11-13(14)17(19,20)21)2-4-15(23)22-7-5-16(6-8-22)24-9-10-25-16/h1-4,11H,5-10H2/b4-2+. The molecule has 1 aromatic carbocycles. The van der Waals surface area contributed by atoms with Crippen molar-refractivity contribution in [2.45, 2.75) is 24.8 Å². The number of nitrogens with zero attached hydrogens (tertiary/aromatic N) is 1. The van der Waals surface area contributed by atoms with Crippen LogP contribution in [0, 0.1) is 0 Å². The van der Waals surface area contributed by atoms with Crippen molar-refractivity contribution in [3.63, 3.8) is 0 Å². The maximum Gasteiger partial charge on any atom is 0.417 e. The molecule has 1 spiro atoms. The van der Waals surface area contributed by atoms with E-state index in [1.165, 1.54) is 24.3 Å². The molecule has 0 aliphatic carbocycles. The minimum absolute atomic E-state index is 0.253. The number of ether oxygens (including phenoxy) is 2. The molecule has 2 aliphatic rings. The van der Waals surface area contributed by atoms with Crippen LogP contribution < -0.4 is 0 Å². The van der Waals surface area contributed by atoms with E-state index >= 15 is 0 Å². The number of hydrogen-bond donors (Lipinski definition) is 0. The van der Waals surface area contributed by atoms with Gasteiger partial charge in [-0.25, -0.2) is 0 Å². The smallest absolute Gasteiger partial charge is 0.347 e. The maximum absolute atomic E-state index is 12.9. The molecule has 0 unspecified atom stereocenters. The summed E-state index contributed by atoms with van der Waals surface area (Å²) >= 11 is 5.58. The summed E-state index contributed by atoms with van der Waals surface area (Å²) in [6, 6.07) is 3.54. The first-order valence-corrected chi connectivity index (χ1v) is 8.29. The van der Waals surface area contributed by atoms with Crippen LogP contribution in [0.2, 0.25) is 5.02 Å². The van der Waals surface area contributed by atoms with E-state index in [0.717, 1.165) is 6.07 Å². The number of hydrogen-bond acceptors (Lipinski definition) is 3. The summed E-state index contributed by atoms with van der Waals surface area (Å²) in [5.74, 6) is -0.825. The molecule has 1 amide bonds. The average Bonchev–Trinajstić information content (AvgIpc) is 3.01. The Bertz CT molecular complexity index is 674. The Morgan fingerprint density at radius 3 is 2.44 bits per heavy atom. The molecule has 1 aromatic rings. The quantitative estimate of drug-likeness (QED) is 0.739. The lowest BCUT2D eigenvalue weighted by molar-refractivity contribution is -0.186. The molecule has 3 rings (SSSR count). The Morgan fingerprint density at radius 2 is 1.84 bits per heavy atom. The van der Waals surface area contributed by atoms with E-state index in [-0.39, 0.29) is 16.5 Å². The monoisotopic (exact) mass is 375 g/mol. The Kier molecular flexibility index (Phi) is 5.09. The first kappa shape index (κ1) is 18.2. The first-order chi connectivity index (χ1) is 11.8. The van der Waals surface area contributed by atoms with Gasteiger partial charge in [0.05, 0.1) is 23.8 Å². The van der Waals surface area contributed by atoms with Gasteiger partial charge < -0.3 is 14.4 Å². The predicted octanol–water partition coefficient (Wildman–Crippen LogP) is 3.74. The predicted molar refractivity (Wildman–Crippen MR) is 85.9 cm³/mol. The molecule has 136 valence electrons. The summed E-state index contributed by atoms with van der Waals surface area (Å²) < 4.78 is 49.8. The van der Waals surface area contributed by atoms with Gasteiger partial charge in [0.25, 0.3) is 0 Å². The fourth-order valence-corrected chi connectivity index (χ4v) is 3.21. The number of likely N-dealkylation sites (tertiary alicyclic amines) is 1. The van der Waals surface area contributed by atoms with Gasteiger partial charge in [-0.3, -0.25) is 4.79 Å². The molecular weight excluding hydrogens is 359 g/mol. The average molecular weight is 376 g/mol. The molecule has 4 nitrogen and oxygen atoms in total. The molecule has 2 aliphatic heterocycles. The highest BCUT2D eigenvalue weighted by Crippen LogP contribution is 2.35. The fraction of sp³-hybridized carbons (Fsp3) is 0.471. The number of carbonyl (C=O) groups is 1. The van der Waals surface area contributed by atoms with Crippen LogP contribution in [0.3, 0.4) is 0 Å². The van der Waals surface area contributed by atoms with Gasteiger partial charge in [0.15, 0.2) is 5.79 Å². The number of rotatable bonds is 2. The zero-order chi connectivity index (χ0) is 18.1. The summed E-state index contributed by atoms with van der Waals surface area (Å²) in [5, 5.41) is -0.367. The van der Waals surface area contributed by atoms with Gasteiger partial charge in [-0.15, -0.1) is 0 Å². The summed E-state index contributed by atoms with van der Waals surface area (Å²) in [7, 11) is 0. The van der Waals surface area contributed by atoms with Crippen molar-refractivity contribution in [1.82, 2.24) is 4.90 Å². The Balaban J connectivity index is 1.63. The number of alkyl halides is 3. The molecule has 2 heterocycles. The Labute approximate surface area is 148 Å². The van der Waals surface area contributed by atoms with E-state index in [0.29, 0.717) is 39.1 Å². The number of benzene rings is 1. The van der Waals surface area contributed by atoms with E-state index in [9.17, 15) is 18.0 Å². The molecule has 2 saturated heterocycles. The third-order valence-corrected chi connectivity index (χ3v) is 4.69. The van der Waals surface area contributed by atoms with Gasteiger partial charge in [-0.1, -0.05) is 17.7 Å². The summed E-state index contributed by atoms with van der Waals surface area (Å²) in [6.07, 6.45) is -0.719. The maximum atomic E-state index is 12.9. The van der Waals surface area contributed by atoms with Crippen LogP contribution >= 0.6 is 11.6 Å². The topological polar surface area (TPSA) is 38.8 Å². The summed E-state index contributed by atoms with van der Waals surface area (Å²) in [5.41, 5.74) is -0.653. The molecule has 2 fully saturated rings. The Morgan fingerprint density at radius 1 is 1.20 bits per heavy atom. The molecule has 25 heavy (non-hydrogen) atoms. The van der Waals surface area contributed by atoms with Crippen molar-refractivity contribution in [3.8, 4) is 0 Å². The first-order valence-electron chi connectivity index (χ1n) is 7.91. The lowest BCUT2D eigenvalue weighted by Crippen LogP contribution is -2.46. The highest BCUT2D eigenvalue weighted by Gasteiger charge is 2.40. The van der Waals surface area contributed by atoms with Crippen molar-refractivity contribution in [1.29, 1.82) is 0 Å². The van der Waals surface area contributed by atoms with Crippen molar-refractivity contribution in [3.05, 3.63) is 40.4 Å². The SMILES string of the molecule is O=C(/C=C/c1ccc(Cl)c(C(F)(F)F)c1)N1CCC2(CC1)OCCO2. The van der Waals surface area contributed by atoms with Crippen LogP contribution in [0.5, 0.6) is 0 Å². The van der Waals surface area contributed by atoms with Gasteiger partial charge >= 0.3 is 6.18 Å². The van der Waals surface area contributed by atoms with Crippen molar-refractivity contribution >= 4 is 23.6 Å². The second-order valence-corrected chi connectivity index (χ2v) is 6.41. The Hall–Kier alpha value is -1.57. The normalized spacial score (nSPS) is 20.6. The molecule has 0 N–H and O–H groups in total. The van der Waals surface area contributed by atoms with Crippen molar-refractivity contribution in [2.24, 2.45) is 0 Å². The van der Waals surface area contributed by atoms with Crippen LogP contribution in [0.25, 0.3) is 6.08 Å². The third kappa shape index (κ3) is 4.16. The zero-order valence-electron chi connectivity index (χ0n) is 13.3. The van der Waals surface area contributed by atoms with Crippen LogP contribution in [0.15, 0.2) is 24.3 Å². The molecule has 0 atom stereocenters. The third-order valence-electron chi connectivity index (χ3n) is 4.36. The number of halogens is 4. The number of amides is 1. The minimum Gasteiger partial charge on any atom is -0.347 e. The van der Waals surface area contributed by atoms with Crippen LogP contribution in [-0.2, 0) is 20.4 Å². The second kappa shape index (κ2) is 6.97. The van der Waals surface area contributed by atoms with Gasteiger partial charge in [0.1, 0.15) is 0 Å². The fourth-order valence-electron chi connectivity index (χ4n) is 2.99. The number of piperidine rings is 1. The van der Waals surface area contributed by atoms with Crippen LogP contribution in [0.1, 0.15) is 24.0 Å². The molecular formula is C17H17ClF3NO3. The van der Waals surface area contributed by atoms with E-state index in [1.54, 1.807) is 4.90 Å². The minimum atomic E-state index is -4.53. The highest BCUT2D eigenvalue weighted by atomic mass is 35.5. The van der Waals surface area contributed by atoms with Crippen molar-refractivity contribution < 1.29 is 27.4 Å². The molecule has 0 bridgehead atoms. The van der Waals surface area contributed by atoms with Gasteiger partial charge in [-0.2, -0.15) is 13.2 Å². The number of carbonyl (C=O) groups excluding carboxylic acids is 1. The summed E-state index contributed by atoms with van der Waals surface area (Å²) in [4.78, 5) is 13.9. The van der Waals surface area contributed by atoms with Gasteiger partial charge in [-0.05, 0) is 23.8 Å².